The SMILES string of the molecule is COCC(O)CCNC(=O)C1NCCC1C. The van der Waals surface area contributed by atoms with Crippen LogP contribution in [0.4, 0.5) is 0 Å². The maximum Gasteiger partial charge on any atom is 0.237 e. The number of methoxy groups -OCH3 is 1. The molecule has 0 radical (unpaired) electrons. The number of carbonyl (C=O) groups excluding carboxylic acids is 1. The van der Waals surface area contributed by atoms with Crippen molar-refractivity contribution in [3.63, 3.8) is 0 Å². The molecule has 0 spiro atoms. The summed E-state index contributed by atoms with van der Waals surface area (Å²) in [7, 11) is 1.55. The van der Waals surface area contributed by atoms with E-state index in [9.17, 15) is 9.90 Å². The minimum Gasteiger partial charge on any atom is -0.391 e. The summed E-state index contributed by atoms with van der Waals surface area (Å²) in [5.74, 6) is 0.429. The fourth-order valence-corrected chi connectivity index (χ4v) is 1.93. The van der Waals surface area contributed by atoms with Crippen LogP contribution >= 0.6 is 0 Å². The van der Waals surface area contributed by atoms with E-state index in [0.29, 0.717) is 25.5 Å². The molecule has 0 bridgehead atoms. The van der Waals surface area contributed by atoms with E-state index in [-0.39, 0.29) is 11.9 Å². The van der Waals surface area contributed by atoms with E-state index in [1.165, 1.54) is 0 Å². The second kappa shape index (κ2) is 6.83. The van der Waals surface area contributed by atoms with Gasteiger partial charge in [0.15, 0.2) is 0 Å². The lowest BCUT2D eigenvalue weighted by Gasteiger charge is -2.16. The highest BCUT2D eigenvalue weighted by atomic mass is 16.5. The van der Waals surface area contributed by atoms with E-state index in [0.717, 1.165) is 13.0 Å². The average Bonchev–Trinajstić information content (AvgIpc) is 2.64. The fraction of sp³-hybridized carbons (Fsp3) is 0.909. The Morgan fingerprint density at radius 2 is 2.44 bits per heavy atom. The normalized spacial score (nSPS) is 26.7. The van der Waals surface area contributed by atoms with Crippen molar-refractivity contribution in [3.8, 4) is 0 Å². The van der Waals surface area contributed by atoms with Crippen molar-refractivity contribution < 1.29 is 14.6 Å². The minimum atomic E-state index is -0.501. The number of ether oxygens (including phenoxy) is 1. The summed E-state index contributed by atoms with van der Waals surface area (Å²) < 4.78 is 4.80. The molecule has 3 N–H and O–H groups in total. The average molecular weight is 230 g/mol. The number of rotatable bonds is 6. The van der Waals surface area contributed by atoms with Crippen LogP contribution in [-0.4, -0.2) is 50.0 Å². The lowest BCUT2D eigenvalue weighted by atomic mass is 10.0. The molecule has 1 heterocycles. The van der Waals surface area contributed by atoms with Crippen LogP contribution in [0.2, 0.25) is 0 Å². The Labute approximate surface area is 96.6 Å². The van der Waals surface area contributed by atoms with Gasteiger partial charge in [-0.1, -0.05) is 6.92 Å². The first-order valence-electron chi connectivity index (χ1n) is 5.83. The van der Waals surface area contributed by atoms with Crippen LogP contribution < -0.4 is 10.6 Å². The molecule has 16 heavy (non-hydrogen) atoms. The first-order valence-corrected chi connectivity index (χ1v) is 5.83. The van der Waals surface area contributed by atoms with Crippen LogP contribution in [0.1, 0.15) is 19.8 Å². The largest absolute Gasteiger partial charge is 0.391 e. The molecule has 1 aliphatic heterocycles. The fourth-order valence-electron chi connectivity index (χ4n) is 1.93. The molecule has 1 amide bonds. The van der Waals surface area contributed by atoms with Gasteiger partial charge in [-0.15, -0.1) is 0 Å². The zero-order chi connectivity index (χ0) is 12.0. The summed E-state index contributed by atoms with van der Waals surface area (Å²) in [6.07, 6.45) is 1.07. The van der Waals surface area contributed by atoms with Crippen molar-refractivity contribution in [2.24, 2.45) is 5.92 Å². The van der Waals surface area contributed by atoms with Gasteiger partial charge in [0.05, 0.1) is 18.8 Å². The van der Waals surface area contributed by atoms with Gasteiger partial charge in [-0.3, -0.25) is 4.79 Å². The van der Waals surface area contributed by atoms with E-state index in [4.69, 9.17) is 4.74 Å². The van der Waals surface area contributed by atoms with Crippen LogP contribution in [0.15, 0.2) is 0 Å². The van der Waals surface area contributed by atoms with Gasteiger partial charge in [0.25, 0.3) is 0 Å². The van der Waals surface area contributed by atoms with Gasteiger partial charge in [-0.2, -0.15) is 0 Å². The maximum absolute atomic E-state index is 11.7. The first-order chi connectivity index (χ1) is 7.65. The highest BCUT2D eigenvalue weighted by Gasteiger charge is 2.28. The van der Waals surface area contributed by atoms with Gasteiger partial charge >= 0.3 is 0 Å². The number of nitrogens with one attached hydrogen (secondary N) is 2. The van der Waals surface area contributed by atoms with E-state index >= 15 is 0 Å². The third kappa shape index (κ3) is 4.08. The molecule has 1 aliphatic rings. The van der Waals surface area contributed by atoms with E-state index < -0.39 is 6.10 Å². The molecule has 3 atom stereocenters. The molecule has 5 heteroatoms. The minimum absolute atomic E-state index is 0.0367. The van der Waals surface area contributed by atoms with Crippen LogP contribution in [-0.2, 0) is 9.53 Å². The zero-order valence-electron chi connectivity index (χ0n) is 10.0. The van der Waals surface area contributed by atoms with Crippen molar-refractivity contribution in [3.05, 3.63) is 0 Å². The van der Waals surface area contributed by atoms with Gasteiger partial charge in [-0.05, 0) is 25.3 Å². The predicted molar refractivity (Wildman–Crippen MR) is 61.1 cm³/mol. The third-order valence-electron chi connectivity index (χ3n) is 2.95. The van der Waals surface area contributed by atoms with E-state index in [1.54, 1.807) is 7.11 Å². The molecule has 0 aromatic heterocycles. The first kappa shape index (κ1) is 13.4. The third-order valence-corrected chi connectivity index (χ3v) is 2.95. The van der Waals surface area contributed by atoms with Crippen LogP contribution in [0.3, 0.4) is 0 Å². The second-order valence-electron chi connectivity index (χ2n) is 4.39. The molecular formula is C11H22N2O3. The van der Waals surface area contributed by atoms with Crippen molar-refractivity contribution in [1.82, 2.24) is 10.6 Å². The Morgan fingerprint density at radius 3 is 3.00 bits per heavy atom. The summed E-state index contributed by atoms with van der Waals surface area (Å²) in [6.45, 7) is 3.79. The molecule has 0 aliphatic carbocycles. The molecule has 1 rings (SSSR count). The number of amides is 1. The van der Waals surface area contributed by atoms with Gasteiger partial charge in [0.1, 0.15) is 0 Å². The second-order valence-corrected chi connectivity index (χ2v) is 4.39. The molecule has 94 valence electrons. The highest BCUT2D eigenvalue weighted by molar-refractivity contribution is 5.82. The number of hydrogen-bond donors (Lipinski definition) is 3. The Balaban J connectivity index is 2.15. The van der Waals surface area contributed by atoms with E-state index in [1.807, 2.05) is 0 Å². The van der Waals surface area contributed by atoms with Crippen LogP contribution in [0, 0.1) is 5.92 Å². The van der Waals surface area contributed by atoms with Crippen molar-refractivity contribution >= 4 is 5.91 Å². The van der Waals surface area contributed by atoms with Gasteiger partial charge in [-0.25, -0.2) is 0 Å². The summed E-state index contributed by atoms with van der Waals surface area (Å²) in [5.41, 5.74) is 0. The number of hydrogen-bond acceptors (Lipinski definition) is 4. The van der Waals surface area contributed by atoms with Gasteiger partial charge in [0, 0.05) is 13.7 Å². The van der Waals surface area contributed by atoms with E-state index in [2.05, 4.69) is 17.6 Å². The monoisotopic (exact) mass is 230 g/mol. The Kier molecular flexibility index (Phi) is 5.73. The molecule has 0 saturated carbocycles. The van der Waals surface area contributed by atoms with Crippen molar-refractivity contribution in [2.45, 2.75) is 31.9 Å². The van der Waals surface area contributed by atoms with Crippen LogP contribution in [0.25, 0.3) is 0 Å². The van der Waals surface area contributed by atoms with Crippen LogP contribution in [0.5, 0.6) is 0 Å². The molecule has 0 aromatic carbocycles. The maximum atomic E-state index is 11.7. The molecule has 5 nitrogen and oxygen atoms in total. The zero-order valence-corrected chi connectivity index (χ0v) is 10.0. The lowest BCUT2D eigenvalue weighted by Crippen LogP contribution is -2.44. The summed E-state index contributed by atoms with van der Waals surface area (Å²) in [6, 6.07) is -0.0698. The topological polar surface area (TPSA) is 70.6 Å². The molecular weight excluding hydrogens is 208 g/mol. The summed E-state index contributed by atoms with van der Waals surface area (Å²) >= 11 is 0. The molecule has 1 fully saturated rings. The number of aliphatic hydroxyl groups is 1. The smallest absolute Gasteiger partial charge is 0.237 e. The predicted octanol–water partition coefficient (Wildman–Crippen LogP) is -0.502. The Bertz CT molecular complexity index is 223. The Hall–Kier alpha value is -0.650. The molecule has 3 unspecified atom stereocenters. The molecule has 0 aromatic rings. The standard InChI is InChI=1S/C11H22N2O3/c1-8-3-5-12-10(8)11(15)13-6-4-9(14)7-16-2/h8-10,12,14H,3-7H2,1-2H3,(H,13,15). The highest BCUT2D eigenvalue weighted by Crippen LogP contribution is 2.14. The van der Waals surface area contributed by atoms with Gasteiger partial charge < -0.3 is 20.5 Å². The lowest BCUT2D eigenvalue weighted by molar-refractivity contribution is -0.123. The summed E-state index contributed by atoms with van der Waals surface area (Å²) in [5, 5.41) is 15.4. The van der Waals surface area contributed by atoms with Crippen molar-refractivity contribution in [2.75, 3.05) is 26.8 Å². The summed E-state index contributed by atoms with van der Waals surface area (Å²) in [4.78, 5) is 11.7. The quantitative estimate of drug-likeness (QED) is 0.575. The Morgan fingerprint density at radius 1 is 1.69 bits per heavy atom. The number of aliphatic hydroxyl groups excluding tert-OH is 1. The van der Waals surface area contributed by atoms with Crippen molar-refractivity contribution in [1.29, 1.82) is 0 Å². The molecule has 1 saturated heterocycles. The van der Waals surface area contributed by atoms with Gasteiger partial charge in [0.2, 0.25) is 5.91 Å². The number of carbonyl (C=O) groups is 1.